The molecule has 0 aliphatic carbocycles. The summed E-state index contributed by atoms with van der Waals surface area (Å²) in [4.78, 5) is 26.3. The Morgan fingerprint density at radius 1 is 1.06 bits per heavy atom. The molecule has 8 heteroatoms. The predicted octanol–water partition coefficient (Wildman–Crippen LogP) is 4.12. The van der Waals surface area contributed by atoms with Crippen molar-refractivity contribution in [2.75, 3.05) is 0 Å². The van der Waals surface area contributed by atoms with Crippen molar-refractivity contribution < 1.29 is 4.79 Å². The number of aryl methyl sites for hydroxylation is 2. The number of hydrogen-bond donors (Lipinski definition) is 1. The van der Waals surface area contributed by atoms with E-state index in [9.17, 15) is 9.59 Å². The number of aromatic nitrogens is 4. The zero-order valence-electron chi connectivity index (χ0n) is 18.2. The standard InChI is InChI=1S/C24H24ClN5O2/c1-4-20(23(31)26-14-17-10-8-9-13-19(17)25)30-24(32)22-21(15(2)27-30)16(3)29(28-22)18-11-6-5-7-12-18/h5-13,20H,4,14H2,1-3H3,(H,26,31). The lowest BCUT2D eigenvalue weighted by atomic mass is 10.1. The predicted molar refractivity (Wildman–Crippen MR) is 125 cm³/mol. The summed E-state index contributed by atoms with van der Waals surface area (Å²) in [6, 6.07) is 16.2. The molecule has 4 aromatic rings. The summed E-state index contributed by atoms with van der Waals surface area (Å²) in [6.07, 6.45) is 0.407. The molecule has 0 aliphatic rings. The van der Waals surface area contributed by atoms with Gasteiger partial charge in [0.05, 0.1) is 22.5 Å². The lowest BCUT2D eigenvalue weighted by Gasteiger charge is -2.17. The maximum Gasteiger partial charge on any atom is 0.295 e. The number of hydrogen-bond acceptors (Lipinski definition) is 4. The van der Waals surface area contributed by atoms with E-state index in [-0.39, 0.29) is 18.0 Å². The van der Waals surface area contributed by atoms with E-state index in [1.165, 1.54) is 4.68 Å². The number of nitrogens with one attached hydrogen (secondary N) is 1. The zero-order chi connectivity index (χ0) is 22.8. The summed E-state index contributed by atoms with van der Waals surface area (Å²) in [5.74, 6) is -0.292. The van der Waals surface area contributed by atoms with Crippen LogP contribution in [0.15, 0.2) is 59.4 Å². The first-order chi connectivity index (χ1) is 15.4. The maximum atomic E-state index is 13.3. The van der Waals surface area contributed by atoms with Gasteiger partial charge in [0.2, 0.25) is 5.91 Å². The molecule has 1 N–H and O–H groups in total. The molecule has 32 heavy (non-hydrogen) atoms. The Balaban J connectivity index is 1.71. The maximum absolute atomic E-state index is 13.3. The van der Waals surface area contributed by atoms with E-state index in [0.717, 1.165) is 16.9 Å². The van der Waals surface area contributed by atoms with Crippen LogP contribution < -0.4 is 10.9 Å². The van der Waals surface area contributed by atoms with Gasteiger partial charge in [-0.3, -0.25) is 9.59 Å². The van der Waals surface area contributed by atoms with Crippen LogP contribution in [0.25, 0.3) is 16.6 Å². The number of benzene rings is 2. The number of rotatable bonds is 6. The third kappa shape index (κ3) is 3.91. The SMILES string of the molecule is CCC(C(=O)NCc1ccccc1Cl)n1nc(C)c2c(C)n(-c3ccccc3)nc2c1=O. The first-order valence-corrected chi connectivity index (χ1v) is 10.9. The highest BCUT2D eigenvalue weighted by atomic mass is 35.5. The van der Waals surface area contributed by atoms with Crippen molar-refractivity contribution in [1.82, 2.24) is 24.9 Å². The van der Waals surface area contributed by atoms with E-state index in [1.54, 1.807) is 10.7 Å². The Morgan fingerprint density at radius 2 is 1.75 bits per heavy atom. The average Bonchev–Trinajstić information content (AvgIpc) is 3.15. The molecule has 2 aromatic heterocycles. The Morgan fingerprint density at radius 3 is 2.44 bits per heavy atom. The Labute approximate surface area is 190 Å². The molecule has 164 valence electrons. The van der Waals surface area contributed by atoms with Gasteiger partial charge in [-0.15, -0.1) is 0 Å². The highest BCUT2D eigenvalue weighted by Crippen LogP contribution is 2.22. The van der Waals surface area contributed by atoms with Gasteiger partial charge in [-0.1, -0.05) is 54.9 Å². The monoisotopic (exact) mass is 449 g/mol. The molecule has 4 rings (SSSR count). The van der Waals surface area contributed by atoms with Crippen molar-refractivity contribution in [3.63, 3.8) is 0 Å². The van der Waals surface area contributed by atoms with E-state index in [1.807, 2.05) is 69.3 Å². The second kappa shape index (κ2) is 8.96. The fraction of sp³-hybridized carbons (Fsp3) is 0.250. The Hall–Kier alpha value is -3.45. The Bertz CT molecular complexity index is 1340. The molecule has 0 bridgehead atoms. The van der Waals surface area contributed by atoms with Crippen molar-refractivity contribution in [2.45, 2.75) is 39.8 Å². The van der Waals surface area contributed by atoms with Gasteiger partial charge in [0, 0.05) is 11.6 Å². The third-order valence-corrected chi connectivity index (χ3v) is 5.91. The minimum atomic E-state index is -0.754. The molecule has 0 radical (unpaired) electrons. The Kier molecular flexibility index (Phi) is 6.10. The molecular weight excluding hydrogens is 426 g/mol. The third-order valence-electron chi connectivity index (χ3n) is 5.54. The first kappa shape index (κ1) is 21.8. The molecule has 1 atom stereocenters. The minimum Gasteiger partial charge on any atom is -0.350 e. The molecule has 0 saturated heterocycles. The highest BCUT2D eigenvalue weighted by Gasteiger charge is 2.25. The second-order valence-corrected chi connectivity index (χ2v) is 8.03. The summed E-state index contributed by atoms with van der Waals surface area (Å²) in [5.41, 5.74) is 3.06. The summed E-state index contributed by atoms with van der Waals surface area (Å²) >= 11 is 6.19. The van der Waals surface area contributed by atoms with Crippen molar-refractivity contribution in [2.24, 2.45) is 0 Å². The van der Waals surface area contributed by atoms with Gasteiger partial charge in [0.15, 0.2) is 5.52 Å². The smallest absolute Gasteiger partial charge is 0.295 e. The van der Waals surface area contributed by atoms with Crippen LogP contribution in [0.1, 0.15) is 36.3 Å². The summed E-state index contributed by atoms with van der Waals surface area (Å²) in [6.45, 7) is 5.86. The van der Waals surface area contributed by atoms with Crippen molar-refractivity contribution in [3.05, 3.63) is 86.9 Å². The average molecular weight is 450 g/mol. The van der Waals surface area contributed by atoms with E-state index >= 15 is 0 Å². The van der Waals surface area contributed by atoms with Gasteiger partial charge < -0.3 is 5.32 Å². The lowest BCUT2D eigenvalue weighted by molar-refractivity contribution is -0.125. The van der Waals surface area contributed by atoms with Crippen LogP contribution in [0.3, 0.4) is 0 Å². The van der Waals surface area contributed by atoms with Gasteiger partial charge in [0.25, 0.3) is 5.56 Å². The molecule has 0 spiro atoms. The normalized spacial score (nSPS) is 12.1. The molecule has 1 unspecified atom stereocenters. The van der Waals surface area contributed by atoms with Crippen LogP contribution in [-0.2, 0) is 11.3 Å². The van der Waals surface area contributed by atoms with E-state index in [2.05, 4.69) is 15.5 Å². The number of carbonyl (C=O) groups excluding carboxylic acids is 1. The van der Waals surface area contributed by atoms with Crippen molar-refractivity contribution >= 4 is 28.4 Å². The number of carbonyl (C=O) groups is 1. The molecular formula is C24H24ClN5O2. The van der Waals surface area contributed by atoms with E-state index in [4.69, 9.17) is 11.6 Å². The highest BCUT2D eigenvalue weighted by molar-refractivity contribution is 6.31. The zero-order valence-corrected chi connectivity index (χ0v) is 18.9. The summed E-state index contributed by atoms with van der Waals surface area (Å²) in [5, 5.41) is 13.2. The quantitative estimate of drug-likeness (QED) is 0.480. The number of fused-ring (bicyclic) bond motifs is 1. The molecule has 2 aromatic carbocycles. The topological polar surface area (TPSA) is 81.8 Å². The molecule has 0 saturated carbocycles. The van der Waals surface area contributed by atoms with Crippen LogP contribution in [-0.4, -0.2) is 25.5 Å². The molecule has 1 amide bonds. The molecule has 0 aliphatic heterocycles. The fourth-order valence-corrected chi connectivity index (χ4v) is 4.10. The summed E-state index contributed by atoms with van der Waals surface area (Å²) < 4.78 is 2.99. The van der Waals surface area contributed by atoms with Gasteiger partial charge in [0.1, 0.15) is 6.04 Å². The van der Waals surface area contributed by atoms with Crippen molar-refractivity contribution in [1.29, 1.82) is 0 Å². The molecule has 2 heterocycles. The lowest BCUT2D eigenvalue weighted by Crippen LogP contribution is -2.38. The van der Waals surface area contributed by atoms with Gasteiger partial charge >= 0.3 is 0 Å². The van der Waals surface area contributed by atoms with E-state index in [0.29, 0.717) is 28.0 Å². The second-order valence-electron chi connectivity index (χ2n) is 7.62. The minimum absolute atomic E-state index is 0.271. The van der Waals surface area contributed by atoms with Gasteiger partial charge in [-0.05, 0) is 44.0 Å². The molecule has 0 fully saturated rings. The van der Waals surface area contributed by atoms with Crippen LogP contribution in [0.2, 0.25) is 5.02 Å². The number of amides is 1. The van der Waals surface area contributed by atoms with Crippen LogP contribution in [0.4, 0.5) is 0 Å². The van der Waals surface area contributed by atoms with Crippen LogP contribution in [0, 0.1) is 13.8 Å². The number of halogens is 1. The summed E-state index contributed by atoms with van der Waals surface area (Å²) in [7, 11) is 0. The van der Waals surface area contributed by atoms with Crippen LogP contribution in [0.5, 0.6) is 0 Å². The fourth-order valence-electron chi connectivity index (χ4n) is 3.89. The number of nitrogens with zero attached hydrogens (tertiary/aromatic N) is 4. The van der Waals surface area contributed by atoms with Gasteiger partial charge in [-0.25, -0.2) is 9.36 Å². The van der Waals surface area contributed by atoms with E-state index < -0.39 is 6.04 Å². The van der Waals surface area contributed by atoms with Crippen LogP contribution >= 0.6 is 11.6 Å². The van der Waals surface area contributed by atoms with Crippen molar-refractivity contribution in [3.8, 4) is 5.69 Å². The number of para-hydroxylation sites is 1. The first-order valence-electron chi connectivity index (χ1n) is 10.5. The largest absolute Gasteiger partial charge is 0.350 e. The van der Waals surface area contributed by atoms with Gasteiger partial charge in [-0.2, -0.15) is 10.2 Å². The molecule has 7 nitrogen and oxygen atoms in total.